The van der Waals surface area contributed by atoms with Crippen LogP contribution in [0.15, 0.2) is 16.8 Å². The van der Waals surface area contributed by atoms with Crippen molar-refractivity contribution < 1.29 is 0 Å². The number of rotatable bonds is 4. The Balaban J connectivity index is 1.88. The van der Waals surface area contributed by atoms with Crippen molar-refractivity contribution in [1.82, 2.24) is 25.5 Å². The van der Waals surface area contributed by atoms with Crippen molar-refractivity contribution in [2.75, 3.05) is 0 Å². The highest BCUT2D eigenvalue weighted by molar-refractivity contribution is 7.07. The topological polar surface area (TPSA) is 55.6 Å². The van der Waals surface area contributed by atoms with E-state index in [0.29, 0.717) is 12.6 Å². The van der Waals surface area contributed by atoms with Crippen LogP contribution in [0.3, 0.4) is 0 Å². The SMILES string of the molecule is CC(NCc1nnn(C)n1)c1ccsc1. The second kappa shape index (κ2) is 4.50. The van der Waals surface area contributed by atoms with Gasteiger partial charge < -0.3 is 5.32 Å². The molecule has 0 fully saturated rings. The van der Waals surface area contributed by atoms with E-state index in [-0.39, 0.29) is 0 Å². The largest absolute Gasteiger partial charge is 0.303 e. The Morgan fingerprint density at radius 2 is 2.47 bits per heavy atom. The fourth-order valence-corrected chi connectivity index (χ4v) is 2.03. The number of tetrazole rings is 1. The Morgan fingerprint density at radius 1 is 1.60 bits per heavy atom. The van der Waals surface area contributed by atoms with Crippen molar-refractivity contribution >= 4 is 11.3 Å². The van der Waals surface area contributed by atoms with E-state index in [1.165, 1.54) is 10.4 Å². The van der Waals surface area contributed by atoms with Gasteiger partial charge in [-0.2, -0.15) is 16.1 Å². The van der Waals surface area contributed by atoms with E-state index in [4.69, 9.17) is 0 Å². The molecule has 0 aromatic carbocycles. The molecule has 0 saturated heterocycles. The summed E-state index contributed by atoms with van der Waals surface area (Å²) in [5, 5.41) is 19.3. The predicted molar refractivity (Wildman–Crippen MR) is 58.4 cm³/mol. The summed E-state index contributed by atoms with van der Waals surface area (Å²) in [6.45, 7) is 2.77. The molecule has 15 heavy (non-hydrogen) atoms. The van der Waals surface area contributed by atoms with E-state index in [1.54, 1.807) is 18.4 Å². The van der Waals surface area contributed by atoms with Crippen molar-refractivity contribution in [2.24, 2.45) is 7.05 Å². The molecule has 2 heterocycles. The van der Waals surface area contributed by atoms with Crippen LogP contribution in [-0.2, 0) is 13.6 Å². The lowest BCUT2D eigenvalue weighted by atomic mass is 10.2. The van der Waals surface area contributed by atoms with Gasteiger partial charge in [0.25, 0.3) is 0 Å². The van der Waals surface area contributed by atoms with Crippen molar-refractivity contribution in [3.63, 3.8) is 0 Å². The number of aromatic nitrogens is 4. The highest BCUT2D eigenvalue weighted by Gasteiger charge is 2.06. The first-order valence-electron chi connectivity index (χ1n) is 4.74. The fourth-order valence-electron chi connectivity index (χ4n) is 1.28. The van der Waals surface area contributed by atoms with E-state index in [1.807, 2.05) is 0 Å². The average molecular weight is 223 g/mol. The molecule has 5 nitrogen and oxygen atoms in total. The van der Waals surface area contributed by atoms with Crippen LogP contribution < -0.4 is 5.32 Å². The number of nitrogens with zero attached hydrogens (tertiary/aromatic N) is 4. The molecule has 0 radical (unpaired) electrons. The lowest BCUT2D eigenvalue weighted by molar-refractivity contribution is 0.557. The van der Waals surface area contributed by atoms with Gasteiger partial charge in [-0.05, 0) is 34.5 Å². The van der Waals surface area contributed by atoms with Gasteiger partial charge >= 0.3 is 0 Å². The summed E-state index contributed by atoms with van der Waals surface area (Å²) >= 11 is 1.71. The first-order valence-corrected chi connectivity index (χ1v) is 5.68. The fraction of sp³-hybridized carbons (Fsp3) is 0.444. The molecule has 80 valence electrons. The van der Waals surface area contributed by atoms with Crippen LogP contribution in [0.5, 0.6) is 0 Å². The minimum Gasteiger partial charge on any atom is -0.303 e. The Kier molecular flexibility index (Phi) is 3.08. The molecule has 0 amide bonds. The van der Waals surface area contributed by atoms with Crippen LogP contribution in [0, 0.1) is 0 Å². The minimum absolute atomic E-state index is 0.319. The van der Waals surface area contributed by atoms with E-state index in [0.717, 1.165) is 5.82 Å². The highest BCUT2D eigenvalue weighted by atomic mass is 32.1. The van der Waals surface area contributed by atoms with Crippen molar-refractivity contribution in [1.29, 1.82) is 0 Å². The zero-order valence-electron chi connectivity index (χ0n) is 8.71. The molecule has 1 N–H and O–H groups in total. The van der Waals surface area contributed by atoms with Crippen LogP contribution in [0.1, 0.15) is 24.4 Å². The van der Waals surface area contributed by atoms with E-state index in [2.05, 4.69) is 44.5 Å². The Labute approximate surface area is 92.1 Å². The van der Waals surface area contributed by atoms with Gasteiger partial charge in [0.15, 0.2) is 5.82 Å². The molecule has 2 rings (SSSR count). The van der Waals surface area contributed by atoms with Crippen LogP contribution in [0.4, 0.5) is 0 Å². The highest BCUT2D eigenvalue weighted by Crippen LogP contribution is 2.15. The predicted octanol–water partition coefficient (Wildman–Crippen LogP) is 1.12. The summed E-state index contributed by atoms with van der Waals surface area (Å²) in [6, 6.07) is 2.44. The molecule has 0 spiro atoms. The van der Waals surface area contributed by atoms with Crippen molar-refractivity contribution in [3.05, 3.63) is 28.2 Å². The molecular weight excluding hydrogens is 210 g/mol. The smallest absolute Gasteiger partial charge is 0.188 e. The molecule has 1 atom stereocenters. The number of hydrogen-bond acceptors (Lipinski definition) is 5. The maximum Gasteiger partial charge on any atom is 0.188 e. The van der Waals surface area contributed by atoms with Gasteiger partial charge in [0.2, 0.25) is 0 Å². The lowest BCUT2D eigenvalue weighted by Gasteiger charge is -2.09. The summed E-state index contributed by atoms with van der Waals surface area (Å²) in [4.78, 5) is 1.46. The Bertz CT molecular complexity index is 408. The standard InChI is InChI=1S/C9H13N5S/c1-7(8-3-4-15-6-8)10-5-9-11-13-14(2)12-9/h3-4,6-7,10H,5H2,1-2H3. The molecule has 0 aliphatic heterocycles. The molecule has 0 saturated carbocycles. The van der Waals surface area contributed by atoms with Crippen LogP contribution >= 0.6 is 11.3 Å². The third-order valence-corrected chi connectivity index (χ3v) is 2.86. The third kappa shape index (κ3) is 2.60. The van der Waals surface area contributed by atoms with Crippen molar-refractivity contribution in [2.45, 2.75) is 19.5 Å². The molecule has 0 bridgehead atoms. The second-order valence-electron chi connectivity index (χ2n) is 3.35. The minimum atomic E-state index is 0.319. The van der Waals surface area contributed by atoms with Gasteiger partial charge in [-0.15, -0.1) is 10.2 Å². The van der Waals surface area contributed by atoms with Gasteiger partial charge in [0.05, 0.1) is 13.6 Å². The Hall–Kier alpha value is -1.27. The maximum atomic E-state index is 4.10. The first-order chi connectivity index (χ1) is 7.25. The molecule has 1 unspecified atom stereocenters. The summed E-state index contributed by atoms with van der Waals surface area (Å²) in [5.74, 6) is 0.722. The number of thiophene rings is 1. The van der Waals surface area contributed by atoms with Gasteiger partial charge in [-0.25, -0.2) is 0 Å². The average Bonchev–Trinajstić information content (AvgIpc) is 2.84. The quantitative estimate of drug-likeness (QED) is 0.844. The summed E-state index contributed by atoms with van der Waals surface area (Å²) < 4.78 is 0. The van der Waals surface area contributed by atoms with Crippen LogP contribution in [-0.4, -0.2) is 20.2 Å². The number of hydrogen-bond donors (Lipinski definition) is 1. The van der Waals surface area contributed by atoms with Crippen molar-refractivity contribution in [3.8, 4) is 0 Å². The number of aryl methyl sites for hydroxylation is 1. The zero-order valence-corrected chi connectivity index (χ0v) is 9.53. The Morgan fingerprint density at radius 3 is 3.07 bits per heavy atom. The second-order valence-corrected chi connectivity index (χ2v) is 4.13. The maximum absolute atomic E-state index is 4.10. The molecule has 2 aromatic heterocycles. The van der Waals surface area contributed by atoms with E-state index >= 15 is 0 Å². The molecule has 0 aliphatic carbocycles. The molecule has 6 heteroatoms. The van der Waals surface area contributed by atoms with E-state index < -0.39 is 0 Å². The molecule has 2 aromatic rings. The van der Waals surface area contributed by atoms with Gasteiger partial charge in [-0.3, -0.25) is 0 Å². The lowest BCUT2D eigenvalue weighted by Crippen LogP contribution is -2.18. The molecule has 0 aliphatic rings. The van der Waals surface area contributed by atoms with Gasteiger partial charge in [0, 0.05) is 6.04 Å². The zero-order chi connectivity index (χ0) is 10.7. The van der Waals surface area contributed by atoms with Gasteiger partial charge in [0.1, 0.15) is 0 Å². The normalized spacial score (nSPS) is 12.9. The number of nitrogens with one attached hydrogen (secondary N) is 1. The van der Waals surface area contributed by atoms with E-state index in [9.17, 15) is 0 Å². The third-order valence-electron chi connectivity index (χ3n) is 2.16. The van der Waals surface area contributed by atoms with Crippen LogP contribution in [0.2, 0.25) is 0 Å². The summed E-state index contributed by atoms with van der Waals surface area (Å²) in [5.41, 5.74) is 1.30. The molecular formula is C9H13N5S. The monoisotopic (exact) mass is 223 g/mol. The summed E-state index contributed by atoms with van der Waals surface area (Å²) in [7, 11) is 1.76. The first kappa shape index (κ1) is 10.3. The summed E-state index contributed by atoms with van der Waals surface area (Å²) in [6.07, 6.45) is 0. The van der Waals surface area contributed by atoms with Gasteiger partial charge in [-0.1, -0.05) is 0 Å². The van der Waals surface area contributed by atoms with Crippen LogP contribution in [0.25, 0.3) is 0 Å².